The Bertz CT molecular complexity index is 10100. The Morgan fingerprint density at radius 1 is 0.149 bits per heavy atom. The highest BCUT2D eigenvalue weighted by molar-refractivity contribution is 7.27. The lowest BCUT2D eigenvalue weighted by atomic mass is 9.98. The number of aromatic nitrogens is 3. The van der Waals surface area contributed by atoms with Gasteiger partial charge in [0.25, 0.3) is 0 Å². The minimum atomic E-state index is 0.909. The number of hydrogen-bond donors (Lipinski definition) is 0. The third-order valence-corrected chi connectivity index (χ3v) is 31.9. The zero-order valence-electron chi connectivity index (χ0n) is 76.1. The van der Waals surface area contributed by atoms with Crippen molar-refractivity contribution in [3.8, 4) is 117 Å². The maximum Gasteiger partial charge on any atom is 0.143 e. The molecule has 0 aliphatic rings. The van der Waals surface area contributed by atoms with E-state index in [9.17, 15) is 0 Å². The lowest BCUT2D eigenvalue weighted by Gasteiger charge is -2.09. The van der Waals surface area contributed by atoms with Crippen LogP contribution in [0.3, 0.4) is 0 Å². The third-order valence-electron chi connectivity index (χ3n) is 28.3. The molecule has 9 heteroatoms. The van der Waals surface area contributed by atoms with Crippen LogP contribution in [0, 0.1) is 0 Å². The van der Waals surface area contributed by atoms with E-state index in [2.05, 4.69) is 493 Å². The van der Waals surface area contributed by atoms with Gasteiger partial charge in [-0.1, -0.05) is 364 Å². The summed E-state index contributed by atoms with van der Waals surface area (Å²) in [6.07, 6.45) is 0. The molecule has 30 aromatic rings. The minimum absolute atomic E-state index is 0.909. The predicted molar refractivity (Wildman–Crippen MR) is 599 cm³/mol. The van der Waals surface area contributed by atoms with E-state index in [0.29, 0.717) is 0 Å². The van der Waals surface area contributed by atoms with Gasteiger partial charge in [-0.15, -0.1) is 34.0 Å². The molecule has 0 fully saturated rings. The second-order valence-electron chi connectivity index (χ2n) is 36.4. The Kier molecular flexibility index (Phi) is 19.5. The van der Waals surface area contributed by atoms with Crippen molar-refractivity contribution in [2.45, 2.75) is 0 Å². The maximum absolute atomic E-state index is 6.69. The Morgan fingerprint density at radius 2 is 0.404 bits per heavy atom. The summed E-state index contributed by atoms with van der Waals surface area (Å²) in [4.78, 5) is 0. The van der Waals surface area contributed by atoms with Crippen LogP contribution < -0.4 is 0 Å². The largest absolute Gasteiger partial charge is 0.456 e. The van der Waals surface area contributed by atoms with E-state index in [1.807, 2.05) is 46.1 Å². The predicted octanol–water partition coefficient (Wildman–Crippen LogP) is 38.7. The molecule has 0 aliphatic carbocycles. The number of nitrogens with zero attached hydrogens (tertiary/aromatic N) is 3. The first kappa shape index (κ1) is 81.6. The van der Waals surface area contributed by atoms with Crippen molar-refractivity contribution in [2.24, 2.45) is 0 Å². The molecule has 9 aromatic heterocycles. The van der Waals surface area contributed by atoms with Crippen LogP contribution in [0.1, 0.15) is 0 Å². The van der Waals surface area contributed by atoms with Crippen molar-refractivity contribution in [3.05, 3.63) is 491 Å². The molecule has 0 spiro atoms. The van der Waals surface area contributed by atoms with Gasteiger partial charge in [0.15, 0.2) is 0 Å². The zero-order chi connectivity index (χ0) is 92.7. The van der Waals surface area contributed by atoms with E-state index >= 15 is 0 Å². The molecular formula is C132H81N3O3S3. The van der Waals surface area contributed by atoms with Crippen molar-refractivity contribution < 1.29 is 13.3 Å². The number of fused-ring (bicyclic) bond motifs is 24. The smallest absolute Gasteiger partial charge is 0.143 e. The molecule has 0 amide bonds. The van der Waals surface area contributed by atoms with Gasteiger partial charge in [-0.2, -0.15) is 0 Å². The summed E-state index contributed by atoms with van der Waals surface area (Å²) in [5.74, 6) is 0. The average Bonchev–Trinajstić information content (AvgIpc) is 1.57. The first-order valence-electron chi connectivity index (χ1n) is 47.8. The van der Waals surface area contributed by atoms with Crippen LogP contribution in [0.4, 0.5) is 0 Å². The van der Waals surface area contributed by atoms with Gasteiger partial charge >= 0.3 is 0 Å². The quantitative estimate of drug-likeness (QED) is 0.122. The van der Waals surface area contributed by atoms with E-state index in [4.69, 9.17) is 13.3 Å². The van der Waals surface area contributed by atoms with Crippen LogP contribution in [0.5, 0.6) is 0 Å². The molecular weight excluding hydrogens is 1770 g/mol. The normalized spacial score (nSPS) is 11.8. The Balaban J connectivity index is 0.000000104. The summed E-state index contributed by atoms with van der Waals surface area (Å²) < 4.78 is 34.8. The summed E-state index contributed by atoms with van der Waals surface area (Å²) in [5, 5.41) is 14.6. The molecule has 660 valence electrons. The monoisotopic (exact) mass is 1850 g/mol. The van der Waals surface area contributed by atoms with Gasteiger partial charge < -0.3 is 27.0 Å². The van der Waals surface area contributed by atoms with Crippen LogP contribution in [0.25, 0.3) is 277 Å². The molecule has 0 saturated carbocycles. The van der Waals surface area contributed by atoms with Crippen molar-refractivity contribution in [2.75, 3.05) is 0 Å². The van der Waals surface area contributed by atoms with Crippen LogP contribution in [-0.4, -0.2) is 13.7 Å². The molecule has 0 N–H and O–H groups in total. The van der Waals surface area contributed by atoms with Gasteiger partial charge in [-0.05, 0) is 211 Å². The Labute approximate surface area is 822 Å². The standard InChI is InChI=1S/3C44H27NOS/c1-3-11-29(12-4-1)33-16-9-18-35-36-19-10-17-34(43(36)46-42(33)35)30-23-21-28(22-24-30)31-25-26-40-38(27-31)41-44(47-40)37-15-7-8-20-39(37)45(41)32-13-5-2-6-14-32;1-3-10-28(11-4-1)31-22-24-40-37(26-31)35-16-9-15-34(43(35)46-40)30-20-18-29(19-21-30)32-23-25-41-38(27-32)42-44(47-41)36-14-7-8-17-39(36)45(42)33-12-5-2-6-13-33;1-3-9-28(10-4-1)32-19-22-35-36-23-20-33(27-41(36)46-40(35)26-32)30-17-15-29(16-18-30)31-21-24-42-38(25-31)43-44(47-42)37-13-7-8-14-39(37)45(43)34-11-5-2-6-12-34/h3*1-27H. The topological polar surface area (TPSA) is 54.2 Å². The van der Waals surface area contributed by atoms with Gasteiger partial charge in [0.1, 0.15) is 33.5 Å². The molecule has 9 heterocycles. The van der Waals surface area contributed by atoms with Crippen LogP contribution in [0.15, 0.2) is 505 Å². The number of benzene rings is 21. The lowest BCUT2D eigenvalue weighted by Crippen LogP contribution is -1.92. The van der Waals surface area contributed by atoms with Crippen molar-refractivity contribution >= 4 is 193 Å². The van der Waals surface area contributed by atoms with Crippen molar-refractivity contribution in [1.29, 1.82) is 0 Å². The van der Waals surface area contributed by atoms with Gasteiger partial charge in [0.2, 0.25) is 0 Å². The van der Waals surface area contributed by atoms with Crippen molar-refractivity contribution in [1.82, 2.24) is 13.7 Å². The first-order chi connectivity index (χ1) is 69.9. The van der Waals surface area contributed by atoms with Crippen LogP contribution in [0.2, 0.25) is 0 Å². The highest BCUT2D eigenvalue weighted by Gasteiger charge is 2.25. The van der Waals surface area contributed by atoms with E-state index in [1.54, 1.807) is 0 Å². The number of thiophene rings is 3. The molecule has 0 bridgehead atoms. The molecule has 0 aliphatic heterocycles. The fraction of sp³-hybridized carbons (Fsp3) is 0. The Hall–Kier alpha value is -17.7. The number of rotatable bonds is 12. The molecule has 21 aromatic carbocycles. The van der Waals surface area contributed by atoms with Crippen LogP contribution in [-0.2, 0) is 0 Å². The Morgan fingerprint density at radius 3 is 0.766 bits per heavy atom. The summed E-state index contributed by atoms with van der Waals surface area (Å²) in [7, 11) is 0. The van der Waals surface area contributed by atoms with E-state index < -0.39 is 0 Å². The van der Waals surface area contributed by atoms with Crippen LogP contribution >= 0.6 is 34.0 Å². The van der Waals surface area contributed by atoms with E-state index in [1.165, 1.54) is 166 Å². The van der Waals surface area contributed by atoms with Gasteiger partial charge in [-0.3, -0.25) is 0 Å². The second kappa shape index (κ2) is 33.6. The SMILES string of the molecule is c1ccc(-c2ccc3c(c2)oc2cc(-c4ccc(-c5ccc6sc7c8ccccc8n(-c8ccccc8)c7c6c5)cc4)ccc23)cc1.c1ccc(-c2ccc3oc4c(-c5ccc(-c6ccc7sc8c9ccccc9n(-c9ccccc9)c8c7c6)cc5)cccc4c3c2)cc1.c1ccc(-c2cccc3c2oc2c(-c4ccc(-c5ccc6sc7c8ccccc8n(-c8ccccc8)c7c6c5)cc4)cccc23)cc1. The average molecular weight is 1850 g/mol. The summed E-state index contributed by atoms with van der Waals surface area (Å²) in [5.41, 5.74) is 37.7. The third kappa shape index (κ3) is 13.9. The summed E-state index contributed by atoms with van der Waals surface area (Å²) in [6.45, 7) is 0. The molecule has 0 radical (unpaired) electrons. The molecule has 30 rings (SSSR count). The molecule has 0 atom stereocenters. The fourth-order valence-corrected chi connectivity index (χ4v) is 25.1. The van der Waals surface area contributed by atoms with E-state index in [0.717, 1.165) is 110 Å². The second-order valence-corrected chi connectivity index (χ2v) is 39.5. The summed E-state index contributed by atoms with van der Waals surface area (Å²) >= 11 is 5.64. The highest BCUT2D eigenvalue weighted by Crippen LogP contribution is 2.51. The van der Waals surface area contributed by atoms with Gasteiger partial charge in [0.05, 0.1) is 47.2 Å². The molecule has 0 unspecified atom stereocenters. The fourth-order valence-electron chi connectivity index (χ4n) is 21.5. The number of furan rings is 3. The molecule has 0 saturated heterocycles. The minimum Gasteiger partial charge on any atom is -0.456 e. The highest BCUT2D eigenvalue weighted by atomic mass is 32.1. The lowest BCUT2D eigenvalue weighted by molar-refractivity contribution is 0.669. The molecule has 141 heavy (non-hydrogen) atoms. The van der Waals surface area contributed by atoms with Gasteiger partial charge in [0, 0.05) is 112 Å². The number of hydrogen-bond acceptors (Lipinski definition) is 6. The first-order valence-corrected chi connectivity index (χ1v) is 50.2. The van der Waals surface area contributed by atoms with Crippen molar-refractivity contribution in [3.63, 3.8) is 0 Å². The maximum atomic E-state index is 6.69. The number of para-hydroxylation sites is 9. The van der Waals surface area contributed by atoms with Gasteiger partial charge in [-0.25, -0.2) is 0 Å². The summed E-state index contributed by atoms with van der Waals surface area (Å²) in [6, 6.07) is 176. The molecule has 6 nitrogen and oxygen atoms in total. The zero-order valence-corrected chi connectivity index (χ0v) is 78.5. The van der Waals surface area contributed by atoms with E-state index in [-0.39, 0.29) is 0 Å².